The third-order valence-corrected chi connectivity index (χ3v) is 3.96. The zero-order chi connectivity index (χ0) is 18.7. The minimum atomic E-state index is -0.497. The van der Waals surface area contributed by atoms with Gasteiger partial charge in [0.15, 0.2) is 0 Å². The second-order valence-corrected chi connectivity index (χ2v) is 6.60. The topological polar surface area (TPSA) is 105 Å². The zero-order valence-corrected chi connectivity index (χ0v) is 15.1. The molecule has 0 aliphatic carbocycles. The van der Waals surface area contributed by atoms with Gasteiger partial charge < -0.3 is 20.5 Å². The van der Waals surface area contributed by atoms with Gasteiger partial charge >= 0.3 is 5.97 Å². The molecular weight excluding hydrogens is 324 g/mol. The number of carbonyl (C=O) groups is 3. The van der Waals surface area contributed by atoms with Gasteiger partial charge in [0.2, 0.25) is 11.8 Å². The number of aliphatic hydroxyl groups excluding tert-OH is 1. The van der Waals surface area contributed by atoms with Crippen LogP contribution in [0.3, 0.4) is 0 Å². The molecule has 0 aromatic rings. The number of carbonyl (C=O) groups excluding carboxylic acids is 3. The Morgan fingerprint density at radius 2 is 2.16 bits per heavy atom. The molecule has 0 fully saturated rings. The van der Waals surface area contributed by atoms with Crippen LogP contribution in [-0.4, -0.2) is 48.2 Å². The van der Waals surface area contributed by atoms with Crippen molar-refractivity contribution in [2.24, 2.45) is 5.92 Å². The summed E-state index contributed by atoms with van der Waals surface area (Å²) >= 11 is 0. The summed E-state index contributed by atoms with van der Waals surface area (Å²) in [6, 6.07) is -0.659. The van der Waals surface area contributed by atoms with E-state index in [2.05, 4.69) is 10.6 Å². The van der Waals surface area contributed by atoms with Crippen LogP contribution >= 0.6 is 0 Å². The molecule has 2 amide bonds. The van der Waals surface area contributed by atoms with Gasteiger partial charge in [0, 0.05) is 18.9 Å². The van der Waals surface area contributed by atoms with E-state index < -0.39 is 5.92 Å². The molecule has 1 rings (SSSR count). The molecule has 0 aromatic heterocycles. The van der Waals surface area contributed by atoms with Crippen molar-refractivity contribution < 1.29 is 24.2 Å². The van der Waals surface area contributed by atoms with E-state index in [1.165, 1.54) is 0 Å². The second kappa shape index (κ2) is 11.6. The van der Waals surface area contributed by atoms with Gasteiger partial charge in [0.05, 0.1) is 18.6 Å². The number of cyclic esters (lactones) is 1. The largest absolute Gasteiger partial charge is 0.464 e. The Morgan fingerprint density at radius 1 is 1.40 bits per heavy atom. The van der Waals surface area contributed by atoms with Crippen molar-refractivity contribution in [3.05, 3.63) is 12.2 Å². The van der Waals surface area contributed by atoms with Crippen LogP contribution in [-0.2, 0) is 19.1 Å². The highest BCUT2D eigenvalue weighted by Gasteiger charge is 2.23. The van der Waals surface area contributed by atoms with Crippen LogP contribution in [0.25, 0.3) is 0 Å². The Kier molecular flexibility index (Phi) is 9.84. The van der Waals surface area contributed by atoms with E-state index in [4.69, 9.17) is 9.84 Å². The van der Waals surface area contributed by atoms with Crippen LogP contribution in [0.2, 0.25) is 0 Å². The highest BCUT2D eigenvalue weighted by molar-refractivity contribution is 5.86. The van der Waals surface area contributed by atoms with E-state index in [1.807, 2.05) is 12.2 Å². The van der Waals surface area contributed by atoms with Gasteiger partial charge in [-0.3, -0.25) is 14.4 Å². The molecule has 1 aliphatic heterocycles. The van der Waals surface area contributed by atoms with Crippen LogP contribution in [0.15, 0.2) is 12.2 Å². The Morgan fingerprint density at radius 3 is 2.88 bits per heavy atom. The van der Waals surface area contributed by atoms with Crippen molar-refractivity contribution in [3.63, 3.8) is 0 Å². The summed E-state index contributed by atoms with van der Waals surface area (Å²) in [5.41, 5.74) is 0. The lowest BCUT2D eigenvalue weighted by molar-refractivity contribution is -0.145. The molecular formula is C18H30N2O5. The normalized spacial score (nSPS) is 24.6. The number of ether oxygens (including phenoxy) is 1. The van der Waals surface area contributed by atoms with E-state index in [1.54, 1.807) is 13.8 Å². The Labute approximate surface area is 149 Å². The Bertz CT molecular complexity index is 478. The highest BCUT2D eigenvalue weighted by Crippen LogP contribution is 2.13. The molecule has 0 unspecified atom stereocenters. The maximum atomic E-state index is 12.5. The first-order valence-corrected chi connectivity index (χ1v) is 8.93. The van der Waals surface area contributed by atoms with Crippen molar-refractivity contribution in [1.29, 1.82) is 0 Å². The molecule has 7 heteroatoms. The van der Waals surface area contributed by atoms with Crippen molar-refractivity contribution in [2.75, 3.05) is 13.2 Å². The fraction of sp³-hybridized carbons (Fsp3) is 0.722. The molecule has 1 aliphatic rings. The van der Waals surface area contributed by atoms with Crippen molar-refractivity contribution in [1.82, 2.24) is 10.6 Å². The van der Waals surface area contributed by atoms with Crippen molar-refractivity contribution >= 4 is 17.8 Å². The zero-order valence-electron chi connectivity index (χ0n) is 15.1. The summed E-state index contributed by atoms with van der Waals surface area (Å²) in [5.74, 6) is -1.26. The summed E-state index contributed by atoms with van der Waals surface area (Å²) in [4.78, 5) is 36.1. The van der Waals surface area contributed by atoms with Crippen molar-refractivity contribution in [3.8, 4) is 0 Å². The SMILES string of the molecule is C[C@H](CO)NC(=O)C[C@H]1CC=CCCCCC(=O)OC[C@H](C)NC1=O. The summed E-state index contributed by atoms with van der Waals surface area (Å²) in [6.07, 6.45) is 7.29. The summed E-state index contributed by atoms with van der Waals surface area (Å²) in [7, 11) is 0. The molecule has 25 heavy (non-hydrogen) atoms. The van der Waals surface area contributed by atoms with Gasteiger partial charge in [-0.25, -0.2) is 0 Å². The lowest BCUT2D eigenvalue weighted by Crippen LogP contribution is -2.42. The number of esters is 1. The molecule has 0 bridgehead atoms. The molecule has 0 spiro atoms. The van der Waals surface area contributed by atoms with Gasteiger partial charge in [-0.15, -0.1) is 0 Å². The average molecular weight is 354 g/mol. The number of aliphatic hydroxyl groups is 1. The van der Waals surface area contributed by atoms with Crippen LogP contribution in [0.5, 0.6) is 0 Å². The molecule has 0 aromatic carbocycles. The summed E-state index contributed by atoms with van der Waals surface area (Å²) in [6.45, 7) is 3.44. The third kappa shape index (κ3) is 9.24. The lowest BCUT2D eigenvalue weighted by Gasteiger charge is -2.20. The molecule has 142 valence electrons. The molecule has 0 saturated carbocycles. The number of amides is 2. The average Bonchev–Trinajstić information content (AvgIpc) is 2.57. The monoisotopic (exact) mass is 354 g/mol. The number of hydrogen-bond acceptors (Lipinski definition) is 5. The number of nitrogens with one attached hydrogen (secondary N) is 2. The predicted molar refractivity (Wildman–Crippen MR) is 93.6 cm³/mol. The first-order chi connectivity index (χ1) is 11.9. The van der Waals surface area contributed by atoms with E-state index in [0.717, 1.165) is 19.3 Å². The fourth-order valence-corrected chi connectivity index (χ4v) is 2.49. The van der Waals surface area contributed by atoms with Gasteiger partial charge in [0.1, 0.15) is 6.61 Å². The van der Waals surface area contributed by atoms with Crippen LogP contribution in [0.1, 0.15) is 52.4 Å². The minimum absolute atomic E-state index is 0.0486. The quantitative estimate of drug-likeness (QED) is 0.517. The number of rotatable bonds is 4. The molecule has 3 atom stereocenters. The predicted octanol–water partition coefficient (Wildman–Crippen LogP) is 1.06. The van der Waals surface area contributed by atoms with E-state index in [0.29, 0.717) is 12.8 Å². The lowest BCUT2D eigenvalue weighted by atomic mass is 9.98. The van der Waals surface area contributed by atoms with Gasteiger partial charge in [0.25, 0.3) is 0 Å². The second-order valence-electron chi connectivity index (χ2n) is 6.60. The maximum absolute atomic E-state index is 12.5. The minimum Gasteiger partial charge on any atom is -0.464 e. The fourth-order valence-electron chi connectivity index (χ4n) is 2.49. The Hall–Kier alpha value is -1.89. The molecule has 3 N–H and O–H groups in total. The van der Waals surface area contributed by atoms with E-state index in [-0.39, 0.29) is 49.5 Å². The van der Waals surface area contributed by atoms with Gasteiger partial charge in [-0.2, -0.15) is 0 Å². The number of allylic oxidation sites excluding steroid dienone is 2. The van der Waals surface area contributed by atoms with Crippen LogP contribution < -0.4 is 10.6 Å². The standard InChI is InChI=1S/C18H30N2O5/c1-13(11-21)19-16(22)10-15-8-6-4-3-5-7-9-17(23)25-12-14(2)20-18(15)24/h4,6,13-15,21H,3,5,7-12H2,1-2H3,(H,19,22)(H,20,24)/t13-,14+,15-/m1/s1. The third-order valence-electron chi connectivity index (χ3n) is 3.96. The maximum Gasteiger partial charge on any atom is 0.305 e. The van der Waals surface area contributed by atoms with Crippen molar-refractivity contribution in [2.45, 2.75) is 64.5 Å². The summed E-state index contributed by atoms with van der Waals surface area (Å²) < 4.78 is 5.15. The van der Waals surface area contributed by atoms with Crippen LogP contribution in [0.4, 0.5) is 0 Å². The van der Waals surface area contributed by atoms with E-state index >= 15 is 0 Å². The highest BCUT2D eigenvalue weighted by atomic mass is 16.5. The molecule has 1 heterocycles. The first-order valence-electron chi connectivity index (χ1n) is 8.93. The number of hydrogen-bond donors (Lipinski definition) is 3. The molecule has 0 radical (unpaired) electrons. The first kappa shape index (κ1) is 21.2. The van der Waals surface area contributed by atoms with Gasteiger partial charge in [-0.1, -0.05) is 12.2 Å². The molecule has 0 saturated heterocycles. The van der Waals surface area contributed by atoms with E-state index in [9.17, 15) is 14.4 Å². The van der Waals surface area contributed by atoms with Gasteiger partial charge in [-0.05, 0) is 39.5 Å². The smallest absolute Gasteiger partial charge is 0.305 e. The Balaban J connectivity index is 2.70. The summed E-state index contributed by atoms with van der Waals surface area (Å²) in [5, 5.41) is 14.5. The molecule has 7 nitrogen and oxygen atoms in total. The van der Waals surface area contributed by atoms with Crippen LogP contribution in [0, 0.1) is 5.92 Å².